The van der Waals surface area contributed by atoms with Crippen molar-refractivity contribution < 1.29 is 5.11 Å². The molecule has 0 radical (unpaired) electrons. The van der Waals surface area contributed by atoms with Gasteiger partial charge in [-0.3, -0.25) is 0 Å². The zero-order valence-electron chi connectivity index (χ0n) is 9.26. The van der Waals surface area contributed by atoms with Gasteiger partial charge in [-0.1, -0.05) is 6.42 Å². The SMILES string of the molecule is Nc1nccc(NCC2CCCC2CO)n1. The number of aromatic nitrogens is 2. The third-order valence-corrected chi connectivity index (χ3v) is 3.27. The van der Waals surface area contributed by atoms with E-state index >= 15 is 0 Å². The zero-order chi connectivity index (χ0) is 11.4. The Morgan fingerprint density at radius 2 is 2.25 bits per heavy atom. The first kappa shape index (κ1) is 11.1. The molecule has 1 fully saturated rings. The number of rotatable bonds is 4. The highest BCUT2D eigenvalue weighted by Crippen LogP contribution is 2.31. The Morgan fingerprint density at radius 1 is 1.44 bits per heavy atom. The summed E-state index contributed by atoms with van der Waals surface area (Å²) in [5.41, 5.74) is 5.49. The van der Waals surface area contributed by atoms with Crippen LogP contribution in [-0.4, -0.2) is 28.2 Å². The number of nitrogens with one attached hydrogen (secondary N) is 1. The average Bonchev–Trinajstić information content (AvgIpc) is 2.74. The van der Waals surface area contributed by atoms with Gasteiger partial charge < -0.3 is 16.2 Å². The minimum atomic E-state index is 0.287. The summed E-state index contributed by atoms with van der Waals surface area (Å²) in [7, 11) is 0. The molecular formula is C11H18N4O. The van der Waals surface area contributed by atoms with Crippen molar-refractivity contribution in [2.24, 2.45) is 11.8 Å². The molecule has 88 valence electrons. The molecule has 1 aromatic rings. The molecule has 2 atom stereocenters. The average molecular weight is 222 g/mol. The topological polar surface area (TPSA) is 84.1 Å². The van der Waals surface area contributed by atoms with E-state index in [0.29, 0.717) is 11.8 Å². The molecule has 5 heteroatoms. The summed E-state index contributed by atoms with van der Waals surface area (Å²) in [5, 5.41) is 12.5. The van der Waals surface area contributed by atoms with Gasteiger partial charge in [-0.2, -0.15) is 4.98 Å². The second-order valence-corrected chi connectivity index (χ2v) is 4.31. The van der Waals surface area contributed by atoms with Crippen LogP contribution in [0.3, 0.4) is 0 Å². The van der Waals surface area contributed by atoms with E-state index in [2.05, 4.69) is 15.3 Å². The molecule has 1 aliphatic rings. The first-order chi connectivity index (χ1) is 7.79. The number of nitrogens with two attached hydrogens (primary N) is 1. The van der Waals surface area contributed by atoms with E-state index in [-0.39, 0.29) is 12.6 Å². The second-order valence-electron chi connectivity index (χ2n) is 4.31. The highest BCUT2D eigenvalue weighted by molar-refractivity contribution is 5.37. The molecule has 2 unspecified atom stereocenters. The Hall–Kier alpha value is -1.36. The number of hydrogen-bond acceptors (Lipinski definition) is 5. The van der Waals surface area contributed by atoms with Gasteiger partial charge in [0, 0.05) is 19.3 Å². The van der Waals surface area contributed by atoms with Crippen LogP contribution in [0, 0.1) is 11.8 Å². The molecule has 0 bridgehead atoms. The lowest BCUT2D eigenvalue weighted by molar-refractivity contribution is 0.199. The second kappa shape index (κ2) is 5.12. The monoisotopic (exact) mass is 222 g/mol. The van der Waals surface area contributed by atoms with Gasteiger partial charge in [-0.05, 0) is 30.7 Å². The molecule has 5 nitrogen and oxygen atoms in total. The van der Waals surface area contributed by atoms with Crippen LogP contribution in [0.5, 0.6) is 0 Å². The van der Waals surface area contributed by atoms with Crippen LogP contribution in [0.15, 0.2) is 12.3 Å². The quantitative estimate of drug-likeness (QED) is 0.704. The van der Waals surface area contributed by atoms with E-state index in [9.17, 15) is 5.11 Å². The first-order valence-corrected chi connectivity index (χ1v) is 5.73. The summed E-state index contributed by atoms with van der Waals surface area (Å²) < 4.78 is 0. The standard InChI is InChI=1S/C11H18N4O/c12-11-13-5-4-10(15-11)14-6-8-2-1-3-9(8)7-16/h4-5,8-9,16H,1-3,6-7H2,(H3,12,13,14,15). The van der Waals surface area contributed by atoms with Crippen molar-refractivity contribution in [3.05, 3.63) is 12.3 Å². The maximum absolute atomic E-state index is 9.20. The molecule has 1 aromatic heterocycles. The number of hydrogen-bond donors (Lipinski definition) is 3. The molecule has 1 saturated carbocycles. The highest BCUT2D eigenvalue weighted by Gasteiger charge is 2.26. The van der Waals surface area contributed by atoms with E-state index < -0.39 is 0 Å². The van der Waals surface area contributed by atoms with Crippen molar-refractivity contribution >= 4 is 11.8 Å². The van der Waals surface area contributed by atoms with Gasteiger partial charge >= 0.3 is 0 Å². The summed E-state index contributed by atoms with van der Waals surface area (Å²) >= 11 is 0. The Labute approximate surface area is 95.1 Å². The fourth-order valence-corrected chi connectivity index (χ4v) is 2.33. The van der Waals surface area contributed by atoms with Crippen LogP contribution in [0.4, 0.5) is 11.8 Å². The Balaban J connectivity index is 1.87. The lowest BCUT2D eigenvalue weighted by atomic mass is 9.97. The van der Waals surface area contributed by atoms with Crippen LogP contribution >= 0.6 is 0 Å². The number of anilines is 2. The van der Waals surface area contributed by atoms with E-state index in [0.717, 1.165) is 18.8 Å². The Morgan fingerprint density at radius 3 is 3.00 bits per heavy atom. The van der Waals surface area contributed by atoms with E-state index in [1.807, 2.05) is 0 Å². The molecule has 0 aliphatic heterocycles. The van der Waals surface area contributed by atoms with E-state index in [1.165, 1.54) is 12.8 Å². The maximum atomic E-state index is 9.20. The fourth-order valence-electron chi connectivity index (χ4n) is 2.33. The van der Waals surface area contributed by atoms with Gasteiger partial charge in [-0.15, -0.1) is 0 Å². The number of nitrogens with zero attached hydrogens (tertiary/aromatic N) is 2. The molecule has 0 saturated heterocycles. The minimum Gasteiger partial charge on any atom is -0.396 e. The number of aliphatic hydroxyl groups is 1. The summed E-state index contributed by atoms with van der Waals surface area (Å²) in [6, 6.07) is 1.80. The van der Waals surface area contributed by atoms with Crippen LogP contribution in [0.2, 0.25) is 0 Å². The first-order valence-electron chi connectivity index (χ1n) is 5.73. The van der Waals surface area contributed by atoms with Crippen molar-refractivity contribution in [2.45, 2.75) is 19.3 Å². The van der Waals surface area contributed by atoms with E-state index in [4.69, 9.17) is 5.73 Å². The number of aliphatic hydroxyl groups excluding tert-OH is 1. The van der Waals surface area contributed by atoms with Gasteiger partial charge in [-0.25, -0.2) is 4.98 Å². The maximum Gasteiger partial charge on any atom is 0.221 e. The normalized spacial score (nSPS) is 24.6. The molecule has 0 aromatic carbocycles. The van der Waals surface area contributed by atoms with Crippen molar-refractivity contribution in [1.82, 2.24) is 9.97 Å². The molecule has 2 rings (SSSR count). The van der Waals surface area contributed by atoms with Crippen molar-refractivity contribution in [2.75, 3.05) is 24.2 Å². The predicted molar refractivity (Wildman–Crippen MR) is 62.9 cm³/mol. The summed E-state index contributed by atoms with van der Waals surface area (Å²) in [4.78, 5) is 7.92. The smallest absolute Gasteiger partial charge is 0.221 e. The van der Waals surface area contributed by atoms with Crippen molar-refractivity contribution in [3.63, 3.8) is 0 Å². The summed E-state index contributed by atoms with van der Waals surface area (Å²) in [6.07, 6.45) is 5.17. The van der Waals surface area contributed by atoms with E-state index in [1.54, 1.807) is 12.3 Å². The summed E-state index contributed by atoms with van der Waals surface area (Å²) in [6.45, 7) is 1.14. The van der Waals surface area contributed by atoms with Gasteiger partial charge in [0.05, 0.1) is 0 Å². The third kappa shape index (κ3) is 2.61. The van der Waals surface area contributed by atoms with Gasteiger partial charge in [0.25, 0.3) is 0 Å². The molecule has 1 heterocycles. The van der Waals surface area contributed by atoms with Gasteiger partial charge in [0.1, 0.15) is 5.82 Å². The Kier molecular flexibility index (Phi) is 3.56. The molecule has 1 aliphatic carbocycles. The predicted octanol–water partition coefficient (Wildman–Crippen LogP) is 0.879. The van der Waals surface area contributed by atoms with Crippen LogP contribution in [0.25, 0.3) is 0 Å². The lowest BCUT2D eigenvalue weighted by Crippen LogP contribution is -2.21. The number of nitrogen functional groups attached to an aromatic ring is 1. The fraction of sp³-hybridized carbons (Fsp3) is 0.636. The lowest BCUT2D eigenvalue weighted by Gasteiger charge is -2.17. The minimum absolute atomic E-state index is 0.287. The largest absolute Gasteiger partial charge is 0.396 e. The molecule has 0 amide bonds. The van der Waals surface area contributed by atoms with Crippen LogP contribution < -0.4 is 11.1 Å². The molecule has 0 spiro atoms. The van der Waals surface area contributed by atoms with Crippen LogP contribution in [0.1, 0.15) is 19.3 Å². The molecule has 16 heavy (non-hydrogen) atoms. The summed E-state index contributed by atoms with van der Waals surface area (Å²) in [5.74, 6) is 2.03. The molecule has 4 N–H and O–H groups in total. The highest BCUT2D eigenvalue weighted by atomic mass is 16.3. The van der Waals surface area contributed by atoms with Crippen molar-refractivity contribution in [1.29, 1.82) is 0 Å². The Bertz CT molecular complexity index is 345. The van der Waals surface area contributed by atoms with Gasteiger partial charge in [0.2, 0.25) is 5.95 Å². The third-order valence-electron chi connectivity index (χ3n) is 3.27. The van der Waals surface area contributed by atoms with Crippen molar-refractivity contribution in [3.8, 4) is 0 Å². The van der Waals surface area contributed by atoms with Gasteiger partial charge in [0.15, 0.2) is 0 Å². The zero-order valence-corrected chi connectivity index (χ0v) is 9.26. The van der Waals surface area contributed by atoms with Crippen LogP contribution in [-0.2, 0) is 0 Å². The molecular weight excluding hydrogens is 204 g/mol.